The SMILES string of the molecule is CC(C(=O)NC(C)(C)CCO)n1cnc2ccccc21. The molecule has 2 aromatic rings. The number of amides is 1. The van der Waals surface area contributed by atoms with Crippen molar-refractivity contribution in [1.29, 1.82) is 0 Å². The second kappa shape index (κ2) is 5.63. The minimum Gasteiger partial charge on any atom is -0.396 e. The van der Waals surface area contributed by atoms with Crippen LogP contribution in [0.3, 0.4) is 0 Å². The van der Waals surface area contributed by atoms with Crippen LogP contribution in [-0.2, 0) is 4.79 Å². The second-order valence-electron chi connectivity index (χ2n) is 5.66. The number of benzene rings is 1. The monoisotopic (exact) mass is 275 g/mol. The molecular formula is C15H21N3O2. The van der Waals surface area contributed by atoms with E-state index < -0.39 is 5.54 Å². The van der Waals surface area contributed by atoms with Gasteiger partial charge in [-0.3, -0.25) is 4.79 Å². The van der Waals surface area contributed by atoms with E-state index in [0.717, 1.165) is 11.0 Å². The second-order valence-corrected chi connectivity index (χ2v) is 5.66. The molecule has 0 saturated heterocycles. The first-order valence-electron chi connectivity index (χ1n) is 6.79. The lowest BCUT2D eigenvalue weighted by Crippen LogP contribution is -2.46. The van der Waals surface area contributed by atoms with Gasteiger partial charge in [0.25, 0.3) is 0 Å². The summed E-state index contributed by atoms with van der Waals surface area (Å²) in [6, 6.07) is 7.38. The van der Waals surface area contributed by atoms with Crippen molar-refractivity contribution in [1.82, 2.24) is 14.9 Å². The third-order valence-electron chi connectivity index (χ3n) is 3.48. The molecule has 20 heavy (non-hydrogen) atoms. The predicted molar refractivity (Wildman–Crippen MR) is 78.4 cm³/mol. The molecule has 1 amide bonds. The van der Waals surface area contributed by atoms with Crippen molar-refractivity contribution < 1.29 is 9.90 Å². The van der Waals surface area contributed by atoms with E-state index in [1.807, 2.05) is 49.6 Å². The Balaban J connectivity index is 2.19. The third-order valence-corrected chi connectivity index (χ3v) is 3.48. The molecule has 2 N–H and O–H groups in total. The summed E-state index contributed by atoms with van der Waals surface area (Å²) in [4.78, 5) is 16.6. The highest BCUT2D eigenvalue weighted by molar-refractivity contribution is 5.84. The number of hydrogen-bond acceptors (Lipinski definition) is 3. The molecule has 5 heteroatoms. The zero-order chi connectivity index (χ0) is 14.8. The van der Waals surface area contributed by atoms with Gasteiger partial charge in [0.2, 0.25) is 5.91 Å². The maximum atomic E-state index is 12.3. The first-order valence-corrected chi connectivity index (χ1v) is 6.79. The molecule has 1 aromatic heterocycles. The maximum absolute atomic E-state index is 12.3. The van der Waals surface area contributed by atoms with Crippen molar-refractivity contribution in [3.63, 3.8) is 0 Å². The fraction of sp³-hybridized carbons (Fsp3) is 0.467. The molecule has 0 bridgehead atoms. The average Bonchev–Trinajstić information content (AvgIpc) is 2.80. The van der Waals surface area contributed by atoms with Crippen molar-refractivity contribution in [3.05, 3.63) is 30.6 Å². The Labute approximate surface area is 118 Å². The highest BCUT2D eigenvalue weighted by Gasteiger charge is 2.24. The number of fused-ring (bicyclic) bond motifs is 1. The van der Waals surface area contributed by atoms with E-state index in [1.54, 1.807) is 6.33 Å². The lowest BCUT2D eigenvalue weighted by atomic mass is 10.0. The number of imidazole rings is 1. The van der Waals surface area contributed by atoms with Crippen LogP contribution >= 0.6 is 0 Å². The van der Waals surface area contributed by atoms with Crippen LogP contribution in [0.1, 0.15) is 33.2 Å². The van der Waals surface area contributed by atoms with E-state index >= 15 is 0 Å². The fourth-order valence-corrected chi connectivity index (χ4v) is 2.19. The van der Waals surface area contributed by atoms with Crippen molar-refractivity contribution in [2.45, 2.75) is 38.8 Å². The zero-order valence-electron chi connectivity index (χ0n) is 12.1. The Bertz CT molecular complexity index is 604. The molecule has 0 spiro atoms. The molecule has 0 aliphatic rings. The number of aliphatic hydroxyl groups excluding tert-OH is 1. The number of carbonyl (C=O) groups is 1. The smallest absolute Gasteiger partial charge is 0.243 e. The summed E-state index contributed by atoms with van der Waals surface area (Å²) >= 11 is 0. The Morgan fingerprint density at radius 2 is 2.15 bits per heavy atom. The summed E-state index contributed by atoms with van der Waals surface area (Å²) in [6.45, 7) is 5.70. The quantitative estimate of drug-likeness (QED) is 0.875. The minimum absolute atomic E-state index is 0.0513. The van der Waals surface area contributed by atoms with Crippen molar-refractivity contribution in [2.75, 3.05) is 6.61 Å². The van der Waals surface area contributed by atoms with Gasteiger partial charge in [-0.15, -0.1) is 0 Å². The Hall–Kier alpha value is -1.88. The van der Waals surface area contributed by atoms with E-state index in [9.17, 15) is 4.79 Å². The number of aliphatic hydroxyl groups is 1. The van der Waals surface area contributed by atoms with Gasteiger partial charge >= 0.3 is 0 Å². The Morgan fingerprint density at radius 1 is 1.45 bits per heavy atom. The number of para-hydroxylation sites is 2. The van der Waals surface area contributed by atoms with Crippen LogP contribution < -0.4 is 5.32 Å². The van der Waals surface area contributed by atoms with Gasteiger partial charge in [0.1, 0.15) is 6.04 Å². The van der Waals surface area contributed by atoms with Crippen molar-refractivity contribution >= 4 is 16.9 Å². The normalized spacial score (nSPS) is 13.4. The van der Waals surface area contributed by atoms with Crippen LogP contribution in [0.15, 0.2) is 30.6 Å². The number of hydrogen-bond donors (Lipinski definition) is 2. The molecule has 5 nitrogen and oxygen atoms in total. The number of rotatable bonds is 5. The van der Waals surface area contributed by atoms with Crippen LogP contribution in [0.25, 0.3) is 11.0 Å². The van der Waals surface area contributed by atoms with Gasteiger partial charge in [0, 0.05) is 12.1 Å². The molecule has 1 atom stereocenters. The van der Waals surface area contributed by atoms with Crippen LogP contribution in [0, 0.1) is 0 Å². The van der Waals surface area contributed by atoms with E-state index in [2.05, 4.69) is 10.3 Å². The molecule has 0 aliphatic carbocycles. The van der Waals surface area contributed by atoms with E-state index in [0.29, 0.717) is 6.42 Å². The highest BCUT2D eigenvalue weighted by Crippen LogP contribution is 2.18. The molecule has 1 heterocycles. The average molecular weight is 275 g/mol. The standard InChI is InChI=1S/C15H21N3O2/c1-11(14(20)17-15(2,3)8-9-19)18-10-16-12-6-4-5-7-13(12)18/h4-7,10-11,19H,8-9H2,1-3H3,(H,17,20). The molecule has 1 aromatic carbocycles. The molecule has 0 saturated carbocycles. The van der Waals surface area contributed by atoms with Crippen LogP contribution in [0.2, 0.25) is 0 Å². The van der Waals surface area contributed by atoms with Crippen LogP contribution in [0.4, 0.5) is 0 Å². The van der Waals surface area contributed by atoms with Gasteiger partial charge in [-0.2, -0.15) is 0 Å². The summed E-state index contributed by atoms with van der Waals surface area (Å²) in [5, 5.41) is 12.0. The maximum Gasteiger partial charge on any atom is 0.243 e. The summed E-state index contributed by atoms with van der Waals surface area (Å²) in [5.41, 5.74) is 1.40. The van der Waals surface area contributed by atoms with E-state index in [1.165, 1.54) is 0 Å². The summed E-state index contributed by atoms with van der Waals surface area (Å²) in [6.07, 6.45) is 2.21. The molecule has 1 unspecified atom stereocenters. The van der Waals surface area contributed by atoms with Gasteiger partial charge in [-0.1, -0.05) is 12.1 Å². The van der Waals surface area contributed by atoms with Crippen molar-refractivity contribution in [3.8, 4) is 0 Å². The third kappa shape index (κ3) is 2.99. The lowest BCUT2D eigenvalue weighted by molar-refractivity contribution is -0.125. The number of nitrogens with one attached hydrogen (secondary N) is 1. The van der Waals surface area contributed by atoms with Gasteiger partial charge in [-0.05, 0) is 39.3 Å². The number of carbonyl (C=O) groups excluding carboxylic acids is 1. The molecule has 2 rings (SSSR count). The lowest BCUT2D eigenvalue weighted by Gasteiger charge is -2.27. The summed E-state index contributed by atoms with van der Waals surface area (Å²) < 4.78 is 1.86. The zero-order valence-corrected chi connectivity index (χ0v) is 12.1. The first-order chi connectivity index (χ1) is 9.44. The minimum atomic E-state index is -0.420. The molecule has 0 aliphatic heterocycles. The summed E-state index contributed by atoms with van der Waals surface area (Å²) in [5.74, 6) is -0.0772. The van der Waals surface area contributed by atoms with Crippen LogP contribution in [0.5, 0.6) is 0 Å². The Morgan fingerprint density at radius 3 is 2.85 bits per heavy atom. The van der Waals surface area contributed by atoms with E-state index in [4.69, 9.17) is 5.11 Å². The van der Waals surface area contributed by atoms with Gasteiger partial charge < -0.3 is 15.0 Å². The topological polar surface area (TPSA) is 67.2 Å². The highest BCUT2D eigenvalue weighted by atomic mass is 16.3. The largest absolute Gasteiger partial charge is 0.396 e. The van der Waals surface area contributed by atoms with Crippen molar-refractivity contribution in [2.24, 2.45) is 0 Å². The Kier molecular flexibility index (Phi) is 4.09. The van der Waals surface area contributed by atoms with Gasteiger partial charge in [0.15, 0.2) is 0 Å². The number of nitrogens with zero attached hydrogens (tertiary/aromatic N) is 2. The molecular weight excluding hydrogens is 254 g/mol. The number of aromatic nitrogens is 2. The summed E-state index contributed by atoms with van der Waals surface area (Å²) in [7, 11) is 0. The molecule has 0 fully saturated rings. The van der Waals surface area contributed by atoms with Gasteiger partial charge in [0.05, 0.1) is 17.4 Å². The first kappa shape index (κ1) is 14.5. The molecule has 108 valence electrons. The predicted octanol–water partition coefficient (Wildman–Crippen LogP) is 1.87. The molecule has 0 radical (unpaired) electrons. The van der Waals surface area contributed by atoms with Crippen LogP contribution in [-0.4, -0.2) is 32.7 Å². The van der Waals surface area contributed by atoms with E-state index in [-0.39, 0.29) is 18.6 Å². The van der Waals surface area contributed by atoms with Gasteiger partial charge in [-0.25, -0.2) is 4.98 Å². The fourth-order valence-electron chi connectivity index (χ4n) is 2.19.